The summed E-state index contributed by atoms with van der Waals surface area (Å²) in [6.07, 6.45) is 0.604. The van der Waals surface area contributed by atoms with Gasteiger partial charge in [0.15, 0.2) is 0 Å². The minimum atomic E-state index is 0. The molecule has 0 atom stereocenters. The lowest BCUT2D eigenvalue weighted by atomic mass is 10.4. The molecule has 0 aromatic rings. The van der Waals surface area contributed by atoms with Crippen LogP contribution in [0.5, 0.6) is 0 Å². The molecule has 0 aliphatic carbocycles. The average molecular weight is 136 g/mol. The summed E-state index contributed by atoms with van der Waals surface area (Å²) < 4.78 is 0. The summed E-state index contributed by atoms with van der Waals surface area (Å²) in [6, 6.07) is 0. The molecular formula is C7H21NO. The van der Waals surface area contributed by atoms with Crippen molar-refractivity contribution in [2.45, 2.75) is 28.2 Å². The summed E-state index contributed by atoms with van der Waals surface area (Å²) in [5, 5.41) is 0. The van der Waals surface area contributed by atoms with Gasteiger partial charge in [-0.05, 0) is 0 Å². The first kappa shape index (κ1) is 15.8. The topological polar surface area (TPSA) is 20.3 Å². The van der Waals surface area contributed by atoms with Gasteiger partial charge in [0.25, 0.3) is 0 Å². The third-order valence-electron chi connectivity index (χ3n) is 0.801. The Morgan fingerprint density at radius 2 is 1.78 bits per heavy atom. The number of carbonyl (C=O) groups is 1. The smallest absolute Gasteiger partial charge is 0.221 e. The van der Waals surface area contributed by atoms with Crippen molar-refractivity contribution in [3.8, 4) is 0 Å². The van der Waals surface area contributed by atoms with Gasteiger partial charge in [0.1, 0.15) is 0 Å². The Morgan fingerprint density at radius 3 is 1.78 bits per heavy atom. The monoisotopic (exact) mass is 136 g/mol. The zero-order chi connectivity index (χ0) is 5.86. The SMILES string of the molecule is C.C.CCC(=O)N(C)C.[2HH]. The largest absolute Gasteiger partial charge is 0.349 e. The van der Waals surface area contributed by atoms with Crippen molar-refractivity contribution in [3.05, 3.63) is 0 Å². The van der Waals surface area contributed by atoms with Crippen LogP contribution in [0.2, 0.25) is 0 Å². The number of nitrogens with zero attached hydrogens (tertiary/aromatic N) is 1. The minimum absolute atomic E-state index is 0. The minimum Gasteiger partial charge on any atom is -0.349 e. The highest BCUT2D eigenvalue weighted by Crippen LogP contribution is 1.81. The fraction of sp³-hybridized carbons (Fsp3) is 0.857. The van der Waals surface area contributed by atoms with Gasteiger partial charge >= 0.3 is 0 Å². The first-order valence-electron chi connectivity index (χ1n) is 2.38. The predicted octanol–water partition coefficient (Wildman–Crippen LogP) is 2.00. The second-order valence-corrected chi connectivity index (χ2v) is 1.64. The number of carbonyl (C=O) groups excluding carboxylic acids is 1. The summed E-state index contributed by atoms with van der Waals surface area (Å²) in [6.45, 7) is 1.85. The number of hydrogen-bond donors (Lipinski definition) is 0. The molecule has 0 aliphatic rings. The molecule has 0 aromatic carbocycles. The van der Waals surface area contributed by atoms with Gasteiger partial charge in [-0.25, -0.2) is 0 Å². The first-order valence-corrected chi connectivity index (χ1v) is 2.38. The maximum atomic E-state index is 10.4. The van der Waals surface area contributed by atoms with Gasteiger partial charge in [-0.15, -0.1) is 0 Å². The van der Waals surface area contributed by atoms with E-state index in [1.807, 2.05) is 6.92 Å². The highest BCUT2D eigenvalue weighted by Gasteiger charge is 1.95. The number of amides is 1. The molecule has 1 amide bonds. The molecule has 60 valence electrons. The van der Waals surface area contributed by atoms with Crippen molar-refractivity contribution in [3.63, 3.8) is 0 Å². The average Bonchev–Trinajstić information content (AvgIpc) is 1.65. The molecular weight excluding hydrogens is 114 g/mol. The molecule has 0 aromatic heterocycles. The van der Waals surface area contributed by atoms with Crippen LogP contribution in [-0.4, -0.2) is 24.9 Å². The lowest BCUT2D eigenvalue weighted by molar-refractivity contribution is -0.128. The van der Waals surface area contributed by atoms with E-state index in [0.717, 1.165) is 0 Å². The van der Waals surface area contributed by atoms with E-state index in [1.165, 1.54) is 0 Å². The third kappa shape index (κ3) is 7.47. The fourth-order valence-electron chi connectivity index (χ4n) is 0.316. The zero-order valence-corrected chi connectivity index (χ0v) is 5.06. The zero-order valence-electron chi connectivity index (χ0n) is 5.06. The van der Waals surface area contributed by atoms with Crippen molar-refractivity contribution >= 4 is 5.91 Å². The molecule has 0 bridgehead atoms. The Kier molecular flexibility index (Phi) is 13.1. The van der Waals surface area contributed by atoms with Crippen LogP contribution in [0.3, 0.4) is 0 Å². The highest BCUT2D eigenvalue weighted by atomic mass is 16.2. The van der Waals surface area contributed by atoms with Gasteiger partial charge in [-0.2, -0.15) is 0 Å². The van der Waals surface area contributed by atoms with E-state index < -0.39 is 0 Å². The van der Waals surface area contributed by atoms with Gasteiger partial charge < -0.3 is 4.90 Å². The maximum absolute atomic E-state index is 10.4. The van der Waals surface area contributed by atoms with Crippen molar-refractivity contribution in [2.24, 2.45) is 0 Å². The molecule has 9 heavy (non-hydrogen) atoms. The lowest BCUT2D eigenvalue weighted by Gasteiger charge is -2.05. The molecule has 0 unspecified atom stereocenters. The van der Waals surface area contributed by atoms with Gasteiger partial charge in [-0.1, -0.05) is 21.8 Å². The van der Waals surface area contributed by atoms with Crippen molar-refractivity contribution < 1.29 is 6.22 Å². The van der Waals surface area contributed by atoms with Crippen LogP contribution >= 0.6 is 0 Å². The molecule has 0 rings (SSSR count). The van der Waals surface area contributed by atoms with E-state index in [-0.39, 0.29) is 22.2 Å². The summed E-state index contributed by atoms with van der Waals surface area (Å²) in [5.74, 6) is 0.181. The van der Waals surface area contributed by atoms with E-state index in [0.29, 0.717) is 6.42 Å². The van der Waals surface area contributed by atoms with Crippen LogP contribution in [0, 0.1) is 0 Å². The normalized spacial score (nSPS) is 6.56. The molecule has 0 N–H and O–H groups in total. The predicted molar refractivity (Wildman–Crippen MR) is 44.6 cm³/mol. The van der Waals surface area contributed by atoms with Crippen LogP contribution < -0.4 is 0 Å². The molecule has 0 saturated heterocycles. The summed E-state index contributed by atoms with van der Waals surface area (Å²) >= 11 is 0. The van der Waals surface area contributed by atoms with E-state index in [4.69, 9.17) is 0 Å². The Labute approximate surface area is 60.3 Å². The molecule has 0 heterocycles. The van der Waals surface area contributed by atoms with Crippen LogP contribution in [0.25, 0.3) is 0 Å². The molecule has 0 fully saturated rings. The van der Waals surface area contributed by atoms with Crippen molar-refractivity contribution in [1.29, 1.82) is 0 Å². The van der Waals surface area contributed by atoms with E-state index in [1.54, 1.807) is 19.0 Å². The van der Waals surface area contributed by atoms with E-state index in [2.05, 4.69) is 0 Å². The lowest BCUT2D eigenvalue weighted by Crippen LogP contribution is -2.19. The Bertz CT molecular complexity index is 74.0. The Hall–Kier alpha value is -0.530. The Morgan fingerprint density at radius 1 is 1.44 bits per heavy atom. The fourth-order valence-corrected chi connectivity index (χ4v) is 0.316. The molecule has 2 heteroatoms. The number of rotatable bonds is 1. The summed E-state index contributed by atoms with van der Waals surface area (Å²) in [7, 11) is 3.51. The molecule has 0 radical (unpaired) electrons. The van der Waals surface area contributed by atoms with E-state index in [9.17, 15) is 4.79 Å². The van der Waals surface area contributed by atoms with Crippen molar-refractivity contribution in [1.82, 2.24) is 4.90 Å². The van der Waals surface area contributed by atoms with Crippen LogP contribution in [-0.2, 0) is 4.79 Å². The summed E-state index contributed by atoms with van der Waals surface area (Å²) in [5.41, 5.74) is 0. The first-order chi connectivity index (χ1) is 3.18. The second-order valence-electron chi connectivity index (χ2n) is 1.64. The summed E-state index contributed by atoms with van der Waals surface area (Å²) in [4.78, 5) is 12.0. The maximum Gasteiger partial charge on any atom is 0.221 e. The molecule has 0 saturated carbocycles. The van der Waals surface area contributed by atoms with Crippen molar-refractivity contribution in [2.75, 3.05) is 14.1 Å². The Balaban J connectivity index is -0.0000000600. The van der Waals surface area contributed by atoms with Gasteiger partial charge in [0, 0.05) is 21.9 Å². The van der Waals surface area contributed by atoms with Crippen LogP contribution in [0.4, 0.5) is 0 Å². The standard InChI is InChI=1S/C5H11NO.2CH4.H2/c1-4-5(7)6(2)3;;;/h4H2,1-3H3;2*1H4;1H/i;;;1+1. The van der Waals surface area contributed by atoms with Gasteiger partial charge in [0.05, 0.1) is 0 Å². The van der Waals surface area contributed by atoms with Crippen LogP contribution in [0.15, 0.2) is 0 Å². The molecule has 2 nitrogen and oxygen atoms in total. The molecule has 0 spiro atoms. The van der Waals surface area contributed by atoms with Gasteiger partial charge in [-0.3, -0.25) is 4.79 Å². The highest BCUT2D eigenvalue weighted by molar-refractivity contribution is 5.75. The second kappa shape index (κ2) is 7.47. The quantitative estimate of drug-likeness (QED) is 0.540. The van der Waals surface area contributed by atoms with E-state index >= 15 is 0 Å². The molecule has 0 aliphatic heterocycles. The third-order valence-corrected chi connectivity index (χ3v) is 0.801. The van der Waals surface area contributed by atoms with Crippen LogP contribution in [0.1, 0.15) is 29.6 Å². The van der Waals surface area contributed by atoms with Gasteiger partial charge in [0.2, 0.25) is 5.91 Å². The number of hydrogen-bond acceptors (Lipinski definition) is 1.